The van der Waals surface area contributed by atoms with Crippen LogP contribution < -0.4 is 20.4 Å². The van der Waals surface area contributed by atoms with Crippen molar-refractivity contribution in [2.24, 2.45) is 0 Å². The second kappa shape index (κ2) is 10.0. The lowest BCUT2D eigenvalue weighted by Crippen LogP contribution is -2.49. The smallest absolute Gasteiger partial charge is 0.350 e. The number of ether oxygens (including phenoxy) is 1. The Morgan fingerprint density at radius 3 is 2.23 bits per heavy atom. The molecule has 5 amide bonds. The van der Waals surface area contributed by atoms with E-state index >= 15 is 0 Å². The Bertz CT molecular complexity index is 1250. The predicted molar refractivity (Wildman–Crippen MR) is 125 cm³/mol. The molecule has 4 rings (SSSR count). The van der Waals surface area contributed by atoms with Crippen molar-refractivity contribution in [2.75, 3.05) is 17.3 Å². The Labute approximate surface area is 200 Å². The molecular weight excluding hydrogens is 455 g/mol. The fourth-order valence-corrected chi connectivity index (χ4v) is 3.55. The van der Waals surface area contributed by atoms with Gasteiger partial charge in [0, 0.05) is 11.3 Å². The molecule has 0 radical (unpaired) electrons. The molecule has 0 unspecified atom stereocenters. The molecule has 0 aromatic heterocycles. The normalized spacial score (nSPS) is 15.2. The van der Waals surface area contributed by atoms with Gasteiger partial charge in [0.2, 0.25) is 5.91 Å². The molecule has 10 heteroatoms. The first-order chi connectivity index (χ1) is 16.9. The fourth-order valence-electron chi connectivity index (χ4n) is 3.55. The number of halogens is 1. The van der Waals surface area contributed by atoms with Crippen molar-refractivity contribution < 1.29 is 28.3 Å². The summed E-state index contributed by atoms with van der Waals surface area (Å²) >= 11 is 0. The average Bonchev–Trinajstić information content (AvgIpc) is 3.09. The molecule has 3 aromatic rings. The van der Waals surface area contributed by atoms with Crippen LogP contribution in [-0.4, -0.2) is 41.9 Å². The van der Waals surface area contributed by atoms with E-state index in [-0.39, 0.29) is 11.3 Å². The summed E-state index contributed by atoms with van der Waals surface area (Å²) in [5.41, 5.74) is 3.26. The van der Waals surface area contributed by atoms with E-state index in [0.29, 0.717) is 11.4 Å². The number of nitrogens with one attached hydrogen (secondary N) is 2. The summed E-state index contributed by atoms with van der Waals surface area (Å²) in [4.78, 5) is 52.7. The van der Waals surface area contributed by atoms with Crippen molar-refractivity contribution in [1.29, 1.82) is 0 Å². The van der Waals surface area contributed by atoms with Crippen LogP contribution in [-0.2, 0) is 9.59 Å². The maximum Gasteiger partial charge on any atom is 0.350 e. The molecule has 1 atom stereocenters. The summed E-state index contributed by atoms with van der Waals surface area (Å²) in [6, 6.07) is 17.2. The third-order valence-corrected chi connectivity index (χ3v) is 5.31. The highest BCUT2D eigenvalue weighted by Crippen LogP contribution is 2.26. The van der Waals surface area contributed by atoms with Crippen LogP contribution in [0.2, 0.25) is 0 Å². The van der Waals surface area contributed by atoms with Crippen LogP contribution >= 0.6 is 0 Å². The molecule has 1 aliphatic rings. The van der Waals surface area contributed by atoms with Crippen LogP contribution in [0.25, 0.3) is 0 Å². The van der Waals surface area contributed by atoms with Crippen LogP contribution in [0.3, 0.4) is 0 Å². The topological polar surface area (TPSA) is 108 Å². The van der Waals surface area contributed by atoms with Gasteiger partial charge >= 0.3 is 6.03 Å². The molecule has 1 saturated heterocycles. The molecular formula is C25H21FN4O5. The van der Waals surface area contributed by atoms with Gasteiger partial charge in [-0.1, -0.05) is 18.2 Å². The number of carbonyl (C=O) groups is 4. The summed E-state index contributed by atoms with van der Waals surface area (Å²) in [5.74, 6) is -1.86. The number of imide groups is 1. The number of hydrogen-bond donors (Lipinski definition) is 2. The van der Waals surface area contributed by atoms with Crippen LogP contribution in [0.5, 0.6) is 5.75 Å². The minimum atomic E-state index is -1.32. The number of rotatable bonds is 7. The highest BCUT2D eigenvalue weighted by atomic mass is 19.1. The van der Waals surface area contributed by atoms with Crippen molar-refractivity contribution in [1.82, 2.24) is 10.4 Å². The minimum Gasteiger partial charge on any atom is -0.497 e. The minimum absolute atomic E-state index is 0.110. The van der Waals surface area contributed by atoms with E-state index in [4.69, 9.17) is 4.74 Å². The van der Waals surface area contributed by atoms with Gasteiger partial charge in [-0.25, -0.2) is 19.1 Å². The fraction of sp³-hybridized carbons (Fsp3) is 0.120. The van der Waals surface area contributed by atoms with Gasteiger partial charge in [0.05, 0.1) is 19.2 Å². The highest BCUT2D eigenvalue weighted by molar-refractivity contribution is 6.22. The first-order valence-electron chi connectivity index (χ1n) is 10.6. The lowest BCUT2D eigenvalue weighted by Gasteiger charge is -2.22. The lowest BCUT2D eigenvalue weighted by molar-refractivity contribution is -0.124. The summed E-state index contributed by atoms with van der Waals surface area (Å²) in [5, 5.41) is 3.49. The summed E-state index contributed by atoms with van der Waals surface area (Å²) in [6.45, 7) is 0. The Kier molecular flexibility index (Phi) is 6.72. The summed E-state index contributed by atoms with van der Waals surface area (Å²) in [7, 11) is 1.52. The van der Waals surface area contributed by atoms with Gasteiger partial charge < -0.3 is 10.1 Å². The Morgan fingerprint density at radius 1 is 0.943 bits per heavy atom. The molecule has 178 valence electrons. The van der Waals surface area contributed by atoms with E-state index in [9.17, 15) is 23.6 Å². The molecule has 35 heavy (non-hydrogen) atoms. The Balaban J connectivity index is 1.57. The second-order valence-corrected chi connectivity index (χ2v) is 7.61. The van der Waals surface area contributed by atoms with Gasteiger partial charge in [0.1, 0.15) is 17.6 Å². The average molecular weight is 476 g/mol. The largest absolute Gasteiger partial charge is 0.497 e. The number of methoxy groups -OCH3 is 1. The first-order valence-corrected chi connectivity index (χ1v) is 10.6. The van der Waals surface area contributed by atoms with E-state index in [1.807, 2.05) is 0 Å². The number of hydrazine groups is 1. The number of nitrogens with zero attached hydrogens (tertiary/aromatic N) is 2. The molecule has 3 aromatic carbocycles. The second-order valence-electron chi connectivity index (χ2n) is 7.61. The number of urea groups is 1. The molecule has 0 saturated carbocycles. The molecule has 0 aliphatic carbocycles. The van der Waals surface area contributed by atoms with Crippen molar-refractivity contribution in [2.45, 2.75) is 12.5 Å². The molecule has 1 aliphatic heterocycles. The van der Waals surface area contributed by atoms with Crippen LogP contribution in [0.4, 0.5) is 20.6 Å². The van der Waals surface area contributed by atoms with Gasteiger partial charge in [0.25, 0.3) is 11.8 Å². The number of hydrogen-bond acceptors (Lipinski definition) is 5. The number of benzene rings is 3. The molecule has 9 nitrogen and oxygen atoms in total. The zero-order valence-electron chi connectivity index (χ0n) is 18.6. The van der Waals surface area contributed by atoms with Gasteiger partial charge in [0.15, 0.2) is 0 Å². The van der Waals surface area contributed by atoms with Gasteiger partial charge in [-0.05, 0) is 60.7 Å². The van der Waals surface area contributed by atoms with Gasteiger partial charge in [-0.3, -0.25) is 19.8 Å². The van der Waals surface area contributed by atoms with Gasteiger partial charge in [-0.2, -0.15) is 0 Å². The Hall–Kier alpha value is -4.73. The number of carbonyl (C=O) groups excluding carboxylic acids is 4. The standard InChI is InChI=1S/C25H21FN4O5/c1-35-20-13-9-18(10-14-20)27-22(31)15-21-24(33)29(19-11-7-17(26)8-12-19)25(34)30(21)28-23(32)16-5-3-2-4-6-16/h2-14,21H,15H2,1H3,(H,27,31)(H,28,32)/t21-/m1/s1. The quantitative estimate of drug-likeness (QED) is 0.509. The maximum atomic E-state index is 13.4. The van der Waals surface area contributed by atoms with Crippen molar-refractivity contribution in [3.63, 3.8) is 0 Å². The Morgan fingerprint density at radius 2 is 1.60 bits per heavy atom. The predicted octanol–water partition coefficient (Wildman–Crippen LogP) is 3.35. The van der Waals surface area contributed by atoms with Crippen LogP contribution in [0.15, 0.2) is 78.9 Å². The van der Waals surface area contributed by atoms with Crippen molar-refractivity contribution in [3.8, 4) is 5.75 Å². The molecule has 0 bridgehead atoms. The monoisotopic (exact) mass is 476 g/mol. The SMILES string of the molecule is COc1ccc(NC(=O)C[C@@H]2C(=O)N(c3ccc(F)cc3)C(=O)N2NC(=O)c2ccccc2)cc1. The molecule has 1 fully saturated rings. The van der Waals surface area contributed by atoms with Gasteiger partial charge in [-0.15, -0.1) is 0 Å². The molecule has 1 heterocycles. The lowest BCUT2D eigenvalue weighted by atomic mass is 10.1. The maximum absolute atomic E-state index is 13.4. The zero-order chi connectivity index (χ0) is 24.9. The molecule has 2 N–H and O–H groups in total. The highest BCUT2D eigenvalue weighted by Gasteiger charge is 2.48. The first kappa shape index (κ1) is 23.4. The van der Waals surface area contributed by atoms with E-state index in [0.717, 1.165) is 22.0 Å². The van der Waals surface area contributed by atoms with E-state index in [2.05, 4.69) is 10.7 Å². The third kappa shape index (κ3) is 5.11. The number of amides is 5. The summed E-state index contributed by atoms with van der Waals surface area (Å²) < 4.78 is 18.5. The van der Waals surface area contributed by atoms with E-state index in [1.54, 1.807) is 54.6 Å². The van der Waals surface area contributed by atoms with E-state index < -0.39 is 42.0 Å². The summed E-state index contributed by atoms with van der Waals surface area (Å²) in [6.07, 6.45) is -0.427. The van der Waals surface area contributed by atoms with Crippen molar-refractivity contribution in [3.05, 3.63) is 90.2 Å². The number of anilines is 2. The van der Waals surface area contributed by atoms with Crippen LogP contribution in [0.1, 0.15) is 16.8 Å². The van der Waals surface area contributed by atoms with Crippen LogP contribution in [0, 0.1) is 5.82 Å². The third-order valence-electron chi connectivity index (χ3n) is 5.31. The van der Waals surface area contributed by atoms with E-state index in [1.165, 1.54) is 19.2 Å². The van der Waals surface area contributed by atoms with Crippen molar-refractivity contribution >= 4 is 35.1 Å². The zero-order valence-corrected chi connectivity index (χ0v) is 18.6. The molecule has 0 spiro atoms.